The Hall–Kier alpha value is -0.770. The van der Waals surface area contributed by atoms with Crippen LogP contribution in [0.4, 0.5) is 6.01 Å². The second-order valence-corrected chi connectivity index (χ2v) is 6.15. The summed E-state index contributed by atoms with van der Waals surface area (Å²) in [6.45, 7) is 10.8. The molecular formula is C14H26ClN3O. The summed E-state index contributed by atoms with van der Waals surface area (Å²) >= 11 is 5.69. The molecule has 1 aromatic heterocycles. The summed E-state index contributed by atoms with van der Waals surface area (Å²) in [6, 6.07) is 0.640. The highest BCUT2D eigenvalue weighted by atomic mass is 35.5. The first-order valence-corrected chi connectivity index (χ1v) is 7.69. The Morgan fingerprint density at radius 1 is 1.05 bits per heavy atom. The maximum Gasteiger partial charge on any atom is 0.318 e. The molecule has 110 valence electrons. The molecule has 0 aliphatic carbocycles. The van der Waals surface area contributed by atoms with Gasteiger partial charge in [-0.25, -0.2) is 0 Å². The number of nitrogens with zero attached hydrogens (tertiary/aromatic N) is 3. The minimum absolute atomic E-state index is 0.514. The number of alkyl halides is 1. The number of anilines is 1. The van der Waals surface area contributed by atoms with Crippen LogP contribution in [0, 0.1) is 11.8 Å². The summed E-state index contributed by atoms with van der Waals surface area (Å²) in [5, 5.41) is 8.18. The number of aromatic nitrogens is 2. The molecule has 0 aliphatic heterocycles. The number of hydrogen-bond acceptors (Lipinski definition) is 4. The van der Waals surface area contributed by atoms with Crippen LogP contribution in [0.3, 0.4) is 0 Å². The Labute approximate surface area is 121 Å². The number of hydrogen-bond donors (Lipinski definition) is 0. The van der Waals surface area contributed by atoms with Crippen molar-refractivity contribution in [2.24, 2.45) is 11.8 Å². The van der Waals surface area contributed by atoms with E-state index in [2.05, 4.69) is 42.8 Å². The fourth-order valence-corrected chi connectivity index (χ4v) is 1.85. The molecule has 0 saturated carbocycles. The van der Waals surface area contributed by atoms with Crippen LogP contribution < -0.4 is 4.90 Å². The largest absolute Gasteiger partial charge is 0.408 e. The van der Waals surface area contributed by atoms with Crippen LogP contribution in [0.1, 0.15) is 46.4 Å². The van der Waals surface area contributed by atoms with Crippen molar-refractivity contribution in [2.45, 2.75) is 47.0 Å². The highest BCUT2D eigenvalue weighted by Crippen LogP contribution is 2.16. The molecule has 0 unspecified atom stereocenters. The Kier molecular flexibility index (Phi) is 7.21. The van der Waals surface area contributed by atoms with Crippen LogP contribution in [0.15, 0.2) is 4.42 Å². The number of rotatable bonds is 9. The third-order valence-electron chi connectivity index (χ3n) is 2.99. The van der Waals surface area contributed by atoms with Gasteiger partial charge in [0.15, 0.2) is 0 Å². The second kappa shape index (κ2) is 8.41. The van der Waals surface area contributed by atoms with Gasteiger partial charge in [-0.2, -0.15) is 0 Å². The first-order valence-electron chi connectivity index (χ1n) is 7.16. The molecule has 4 nitrogen and oxygen atoms in total. The smallest absolute Gasteiger partial charge is 0.318 e. The predicted octanol–water partition coefficient (Wildman–Crippen LogP) is 3.75. The molecular weight excluding hydrogens is 262 g/mol. The van der Waals surface area contributed by atoms with Crippen molar-refractivity contribution in [1.29, 1.82) is 0 Å². The van der Waals surface area contributed by atoms with E-state index in [0.29, 0.717) is 36.0 Å². The molecule has 0 aromatic carbocycles. The molecule has 19 heavy (non-hydrogen) atoms. The van der Waals surface area contributed by atoms with Crippen LogP contribution in [0.2, 0.25) is 0 Å². The summed E-state index contributed by atoms with van der Waals surface area (Å²) in [5.74, 6) is 2.49. The van der Waals surface area contributed by atoms with E-state index < -0.39 is 0 Å². The minimum atomic E-state index is 0.514. The maximum atomic E-state index is 5.69. The lowest BCUT2D eigenvalue weighted by atomic mass is 10.1. The van der Waals surface area contributed by atoms with Crippen LogP contribution in [0.25, 0.3) is 0 Å². The van der Waals surface area contributed by atoms with Crippen molar-refractivity contribution in [1.82, 2.24) is 10.2 Å². The van der Waals surface area contributed by atoms with Crippen LogP contribution in [-0.2, 0) is 6.42 Å². The molecule has 0 atom stereocenters. The highest BCUT2D eigenvalue weighted by Gasteiger charge is 2.15. The van der Waals surface area contributed by atoms with Crippen molar-refractivity contribution >= 4 is 17.6 Å². The molecule has 0 amide bonds. The zero-order valence-corrected chi connectivity index (χ0v) is 13.3. The lowest BCUT2D eigenvalue weighted by Gasteiger charge is -2.22. The van der Waals surface area contributed by atoms with Gasteiger partial charge in [0.1, 0.15) is 0 Å². The minimum Gasteiger partial charge on any atom is -0.408 e. The summed E-state index contributed by atoms with van der Waals surface area (Å²) < 4.78 is 5.67. The molecule has 0 aliphatic rings. The standard InChI is InChI=1S/C14H26ClN3O/c1-11(2)6-9-18(10-7-12(3)4)14-17-16-13(19-14)5-8-15/h11-12H,5-10H2,1-4H3. The van der Waals surface area contributed by atoms with Gasteiger partial charge < -0.3 is 9.32 Å². The van der Waals surface area contributed by atoms with E-state index in [0.717, 1.165) is 25.9 Å². The second-order valence-electron chi connectivity index (χ2n) is 5.77. The van der Waals surface area contributed by atoms with Gasteiger partial charge in [0.25, 0.3) is 0 Å². The van der Waals surface area contributed by atoms with Gasteiger partial charge in [-0.1, -0.05) is 32.8 Å². The van der Waals surface area contributed by atoms with E-state index >= 15 is 0 Å². The molecule has 1 rings (SSSR count). The monoisotopic (exact) mass is 287 g/mol. The van der Waals surface area contributed by atoms with Gasteiger partial charge in [0.05, 0.1) is 0 Å². The molecule has 0 saturated heterocycles. The first-order chi connectivity index (χ1) is 9.02. The van der Waals surface area contributed by atoms with E-state index in [1.54, 1.807) is 0 Å². The lowest BCUT2D eigenvalue weighted by Crippen LogP contribution is -2.27. The van der Waals surface area contributed by atoms with E-state index in [1.165, 1.54) is 0 Å². The SMILES string of the molecule is CC(C)CCN(CCC(C)C)c1nnc(CCCl)o1. The molecule has 1 heterocycles. The summed E-state index contributed by atoms with van der Waals surface area (Å²) in [4.78, 5) is 2.20. The Morgan fingerprint density at radius 2 is 1.63 bits per heavy atom. The summed E-state index contributed by atoms with van der Waals surface area (Å²) in [5.41, 5.74) is 0. The van der Waals surface area contributed by atoms with Crippen molar-refractivity contribution in [3.05, 3.63) is 5.89 Å². The third-order valence-corrected chi connectivity index (χ3v) is 3.18. The van der Waals surface area contributed by atoms with Crippen LogP contribution in [0.5, 0.6) is 0 Å². The van der Waals surface area contributed by atoms with Crippen LogP contribution in [-0.4, -0.2) is 29.2 Å². The molecule has 0 spiro atoms. The molecule has 0 fully saturated rings. The van der Waals surface area contributed by atoms with Crippen molar-refractivity contribution in [3.63, 3.8) is 0 Å². The topological polar surface area (TPSA) is 42.2 Å². The fraction of sp³-hybridized carbons (Fsp3) is 0.857. The Morgan fingerprint density at radius 3 is 2.11 bits per heavy atom. The lowest BCUT2D eigenvalue weighted by molar-refractivity contribution is 0.462. The zero-order chi connectivity index (χ0) is 14.3. The average Bonchev–Trinajstić information content (AvgIpc) is 2.77. The summed E-state index contributed by atoms with van der Waals surface area (Å²) in [6.07, 6.45) is 2.90. The summed E-state index contributed by atoms with van der Waals surface area (Å²) in [7, 11) is 0. The number of halogens is 1. The van der Waals surface area contributed by atoms with Gasteiger partial charge in [-0.15, -0.1) is 16.7 Å². The van der Waals surface area contributed by atoms with Crippen molar-refractivity contribution in [2.75, 3.05) is 23.9 Å². The van der Waals surface area contributed by atoms with E-state index in [9.17, 15) is 0 Å². The Balaban J connectivity index is 2.63. The Bertz CT molecular complexity index is 340. The van der Waals surface area contributed by atoms with Gasteiger partial charge >= 0.3 is 6.01 Å². The normalized spacial score (nSPS) is 11.5. The maximum absolute atomic E-state index is 5.69. The van der Waals surface area contributed by atoms with Gasteiger partial charge in [0, 0.05) is 25.4 Å². The highest BCUT2D eigenvalue weighted by molar-refractivity contribution is 6.17. The van der Waals surface area contributed by atoms with Crippen molar-refractivity contribution in [3.8, 4) is 0 Å². The van der Waals surface area contributed by atoms with E-state index in [-0.39, 0.29) is 0 Å². The molecule has 5 heteroatoms. The van der Waals surface area contributed by atoms with Gasteiger partial charge in [-0.3, -0.25) is 0 Å². The predicted molar refractivity (Wildman–Crippen MR) is 79.8 cm³/mol. The van der Waals surface area contributed by atoms with Crippen LogP contribution >= 0.6 is 11.6 Å². The zero-order valence-electron chi connectivity index (χ0n) is 12.5. The first kappa shape index (κ1) is 16.3. The fourth-order valence-electron chi connectivity index (χ4n) is 1.69. The molecule has 1 aromatic rings. The number of aryl methyl sites for hydroxylation is 1. The third kappa shape index (κ3) is 6.28. The van der Waals surface area contributed by atoms with Crippen molar-refractivity contribution < 1.29 is 4.42 Å². The van der Waals surface area contributed by atoms with Gasteiger partial charge in [0.2, 0.25) is 5.89 Å². The molecule has 0 bridgehead atoms. The average molecular weight is 288 g/mol. The van der Waals surface area contributed by atoms with E-state index in [1.807, 2.05) is 0 Å². The molecule has 0 radical (unpaired) electrons. The quantitative estimate of drug-likeness (QED) is 0.649. The molecule has 0 N–H and O–H groups in total. The van der Waals surface area contributed by atoms with E-state index in [4.69, 9.17) is 16.0 Å². The van der Waals surface area contributed by atoms with Gasteiger partial charge in [-0.05, 0) is 24.7 Å².